The molecule has 0 aliphatic carbocycles. The van der Waals surface area contributed by atoms with E-state index in [0.29, 0.717) is 17.9 Å². The molecule has 4 aromatic carbocycles. The zero-order valence-electron chi connectivity index (χ0n) is 25.6. The summed E-state index contributed by atoms with van der Waals surface area (Å²) in [5.74, 6) is -0.904. The molecular formula is C35H38FN3O5S. The van der Waals surface area contributed by atoms with E-state index in [1.807, 2.05) is 51.1 Å². The molecule has 4 aromatic rings. The molecule has 0 fully saturated rings. The molecule has 1 N–H and O–H groups in total. The quantitative estimate of drug-likeness (QED) is 0.196. The Balaban J connectivity index is 1.77. The molecule has 8 nitrogen and oxygen atoms in total. The lowest BCUT2D eigenvalue weighted by molar-refractivity contribution is -0.140. The molecule has 0 aliphatic heterocycles. The lowest BCUT2D eigenvalue weighted by Crippen LogP contribution is -2.54. The van der Waals surface area contributed by atoms with E-state index >= 15 is 0 Å². The van der Waals surface area contributed by atoms with Crippen LogP contribution in [0.3, 0.4) is 0 Å². The molecule has 45 heavy (non-hydrogen) atoms. The van der Waals surface area contributed by atoms with Crippen molar-refractivity contribution in [2.24, 2.45) is 0 Å². The van der Waals surface area contributed by atoms with Gasteiger partial charge in [0.25, 0.3) is 10.0 Å². The molecule has 2 amide bonds. The van der Waals surface area contributed by atoms with Crippen LogP contribution >= 0.6 is 0 Å². The van der Waals surface area contributed by atoms with E-state index in [4.69, 9.17) is 4.74 Å². The molecule has 0 unspecified atom stereocenters. The molecule has 0 aliphatic rings. The zero-order valence-corrected chi connectivity index (χ0v) is 26.4. The second-order valence-electron chi connectivity index (χ2n) is 10.8. The van der Waals surface area contributed by atoms with Gasteiger partial charge in [-0.3, -0.25) is 13.9 Å². The predicted molar refractivity (Wildman–Crippen MR) is 173 cm³/mol. The number of nitrogens with zero attached hydrogens (tertiary/aromatic N) is 2. The van der Waals surface area contributed by atoms with Crippen LogP contribution in [0.1, 0.15) is 31.9 Å². The van der Waals surface area contributed by atoms with Crippen LogP contribution in [0.25, 0.3) is 0 Å². The van der Waals surface area contributed by atoms with Crippen LogP contribution < -0.4 is 14.4 Å². The Morgan fingerprint density at radius 3 is 2.00 bits per heavy atom. The molecular weight excluding hydrogens is 593 g/mol. The number of hydrogen-bond acceptors (Lipinski definition) is 5. The van der Waals surface area contributed by atoms with E-state index in [2.05, 4.69) is 5.32 Å². The van der Waals surface area contributed by atoms with Crippen LogP contribution in [-0.4, -0.2) is 50.4 Å². The molecule has 0 saturated carbocycles. The van der Waals surface area contributed by atoms with Crippen LogP contribution in [0.15, 0.2) is 114 Å². The third-order valence-electron chi connectivity index (χ3n) is 7.01. The van der Waals surface area contributed by atoms with Gasteiger partial charge in [0, 0.05) is 19.0 Å². The number of carbonyl (C=O) groups excluding carboxylic acids is 2. The molecule has 0 radical (unpaired) electrons. The van der Waals surface area contributed by atoms with Crippen molar-refractivity contribution in [3.8, 4) is 5.75 Å². The Morgan fingerprint density at radius 1 is 0.822 bits per heavy atom. The highest BCUT2D eigenvalue weighted by molar-refractivity contribution is 7.92. The van der Waals surface area contributed by atoms with Gasteiger partial charge in [0.1, 0.15) is 24.2 Å². The first-order chi connectivity index (χ1) is 21.6. The first-order valence-corrected chi connectivity index (χ1v) is 16.2. The third kappa shape index (κ3) is 8.92. The van der Waals surface area contributed by atoms with Crippen molar-refractivity contribution in [1.29, 1.82) is 0 Å². The van der Waals surface area contributed by atoms with Crippen LogP contribution in [-0.2, 0) is 32.6 Å². The fourth-order valence-electron chi connectivity index (χ4n) is 4.85. The molecule has 0 heterocycles. The summed E-state index contributed by atoms with van der Waals surface area (Å²) in [5, 5.41) is 2.91. The van der Waals surface area contributed by atoms with Crippen molar-refractivity contribution in [3.63, 3.8) is 0 Å². The molecule has 0 bridgehead atoms. The van der Waals surface area contributed by atoms with Gasteiger partial charge in [-0.25, -0.2) is 12.8 Å². The third-order valence-corrected chi connectivity index (χ3v) is 8.80. The maximum atomic E-state index is 14.4. The molecule has 1 atom stereocenters. The van der Waals surface area contributed by atoms with E-state index < -0.39 is 34.3 Å². The number of hydrogen-bond donors (Lipinski definition) is 1. The largest absolute Gasteiger partial charge is 0.494 e. The van der Waals surface area contributed by atoms with E-state index in [1.165, 1.54) is 29.2 Å². The first-order valence-electron chi connectivity index (χ1n) is 14.8. The first kappa shape index (κ1) is 33.2. The highest BCUT2D eigenvalue weighted by Gasteiger charge is 2.34. The average Bonchev–Trinajstić information content (AvgIpc) is 3.03. The van der Waals surface area contributed by atoms with Gasteiger partial charge in [-0.05, 0) is 80.4 Å². The maximum Gasteiger partial charge on any atom is 0.264 e. The lowest BCUT2D eigenvalue weighted by Gasteiger charge is -2.34. The molecule has 0 saturated heterocycles. The molecule has 0 aromatic heterocycles. The second kappa shape index (κ2) is 15.3. The monoisotopic (exact) mass is 631 g/mol. The minimum atomic E-state index is -4.24. The summed E-state index contributed by atoms with van der Waals surface area (Å²) < 4.78 is 48.5. The van der Waals surface area contributed by atoms with E-state index in [-0.39, 0.29) is 35.5 Å². The van der Waals surface area contributed by atoms with Crippen molar-refractivity contribution in [1.82, 2.24) is 10.2 Å². The topological polar surface area (TPSA) is 96.0 Å². The van der Waals surface area contributed by atoms with Crippen molar-refractivity contribution in [2.75, 3.05) is 17.5 Å². The Bertz CT molecular complexity index is 1650. The van der Waals surface area contributed by atoms with Crippen molar-refractivity contribution in [2.45, 2.75) is 50.7 Å². The summed E-state index contributed by atoms with van der Waals surface area (Å²) in [5.41, 5.74) is 1.69. The maximum absolute atomic E-state index is 14.4. The van der Waals surface area contributed by atoms with E-state index in [9.17, 15) is 22.4 Å². The van der Waals surface area contributed by atoms with Gasteiger partial charge in [0.15, 0.2) is 0 Å². The van der Waals surface area contributed by atoms with Gasteiger partial charge in [-0.15, -0.1) is 0 Å². The van der Waals surface area contributed by atoms with Crippen LogP contribution in [0.2, 0.25) is 0 Å². The molecule has 236 valence electrons. The minimum Gasteiger partial charge on any atom is -0.494 e. The fourth-order valence-corrected chi connectivity index (χ4v) is 6.26. The van der Waals surface area contributed by atoms with Gasteiger partial charge in [0.05, 0.1) is 17.2 Å². The van der Waals surface area contributed by atoms with Crippen molar-refractivity contribution in [3.05, 3.63) is 126 Å². The normalized spacial score (nSPS) is 11.9. The number of para-hydroxylation sites is 1. The minimum absolute atomic E-state index is 0.0222. The summed E-state index contributed by atoms with van der Waals surface area (Å²) in [7, 11) is -4.24. The summed E-state index contributed by atoms with van der Waals surface area (Å²) in [6, 6.07) is 28.1. The number of nitrogens with one attached hydrogen (secondary N) is 1. The van der Waals surface area contributed by atoms with E-state index in [0.717, 1.165) is 9.87 Å². The van der Waals surface area contributed by atoms with Crippen molar-refractivity contribution < 1.29 is 27.1 Å². The zero-order chi connectivity index (χ0) is 32.4. The smallest absolute Gasteiger partial charge is 0.264 e. The SMILES string of the molecule is CCOc1ccc(S(=O)(=O)N(CC(=O)N(Cc2ccc(F)cc2)[C@@H](Cc2ccccc2)C(=O)NC(C)C)c2ccccc2)cc1. The predicted octanol–water partition coefficient (Wildman–Crippen LogP) is 5.58. The molecule has 4 rings (SSSR count). The molecule has 0 spiro atoms. The Labute approximate surface area is 264 Å². The Morgan fingerprint density at radius 2 is 1.42 bits per heavy atom. The van der Waals surface area contributed by atoms with E-state index in [1.54, 1.807) is 54.6 Å². The number of anilines is 1. The molecule has 10 heteroatoms. The summed E-state index contributed by atoms with van der Waals surface area (Å²) in [6.07, 6.45) is 0.184. The summed E-state index contributed by atoms with van der Waals surface area (Å²) >= 11 is 0. The number of amides is 2. The van der Waals surface area contributed by atoms with Gasteiger partial charge in [0.2, 0.25) is 11.8 Å². The highest BCUT2D eigenvalue weighted by Crippen LogP contribution is 2.26. The summed E-state index contributed by atoms with van der Waals surface area (Å²) in [4.78, 5) is 29.4. The van der Waals surface area contributed by atoms with Crippen LogP contribution in [0, 0.1) is 5.82 Å². The Kier molecular flexibility index (Phi) is 11.3. The van der Waals surface area contributed by atoms with Gasteiger partial charge in [-0.1, -0.05) is 60.7 Å². The van der Waals surface area contributed by atoms with Gasteiger partial charge in [-0.2, -0.15) is 0 Å². The van der Waals surface area contributed by atoms with Crippen LogP contribution in [0.5, 0.6) is 5.75 Å². The summed E-state index contributed by atoms with van der Waals surface area (Å²) in [6.45, 7) is 5.27. The number of sulfonamides is 1. The average molecular weight is 632 g/mol. The Hall–Kier alpha value is -4.70. The number of rotatable bonds is 14. The number of benzene rings is 4. The second-order valence-corrected chi connectivity index (χ2v) is 12.6. The highest BCUT2D eigenvalue weighted by atomic mass is 32.2. The lowest BCUT2D eigenvalue weighted by atomic mass is 10.0. The van der Waals surface area contributed by atoms with Crippen molar-refractivity contribution >= 4 is 27.5 Å². The van der Waals surface area contributed by atoms with Gasteiger partial charge < -0.3 is 15.0 Å². The standard InChI is InChI=1S/C35H38FN3O5S/c1-4-44-31-19-21-32(22-20-31)45(42,43)39(30-13-9-6-10-14-30)25-34(40)38(24-28-15-17-29(36)18-16-28)33(35(41)37-26(2)3)23-27-11-7-5-8-12-27/h5-22,26,33H,4,23-25H2,1-3H3,(H,37,41)/t33-/m0/s1. The van der Waals surface area contributed by atoms with Crippen LogP contribution in [0.4, 0.5) is 10.1 Å². The number of ether oxygens (including phenoxy) is 1. The van der Waals surface area contributed by atoms with Gasteiger partial charge >= 0.3 is 0 Å². The number of halogens is 1. The fraction of sp³-hybridized carbons (Fsp3) is 0.257. The number of carbonyl (C=O) groups is 2.